The lowest BCUT2D eigenvalue weighted by Gasteiger charge is -2.32. The van der Waals surface area contributed by atoms with Crippen molar-refractivity contribution in [2.45, 2.75) is 50.9 Å². The molecule has 4 rings (SSSR count). The summed E-state index contributed by atoms with van der Waals surface area (Å²) in [5, 5.41) is 11.8. The topological polar surface area (TPSA) is 117 Å². The van der Waals surface area contributed by atoms with Crippen LogP contribution in [-0.4, -0.2) is 17.8 Å². The molecule has 10 heteroatoms. The van der Waals surface area contributed by atoms with Gasteiger partial charge in [0, 0.05) is 12.1 Å². The molecule has 218 valence electrons. The number of anilines is 1. The van der Waals surface area contributed by atoms with Crippen molar-refractivity contribution >= 4 is 23.0 Å². The van der Waals surface area contributed by atoms with Crippen LogP contribution in [0.25, 0.3) is 0 Å². The summed E-state index contributed by atoms with van der Waals surface area (Å²) in [6, 6.07) is 19.0. The maximum absolute atomic E-state index is 14.9. The van der Waals surface area contributed by atoms with E-state index in [1.54, 1.807) is 30.3 Å². The van der Waals surface area contributed by atoms with E-state index >= 15 is 0 Å². The fraction of sp³-hybridized carbons (Fsp3) is 0.281. The Morgan fingerprint density at radius 2 is 1.81 bits per heavy atom. The van der Waals surface area contributed by atoms with Gasteiger partial charge in [-0.2, -0.15) is 18.4 Å². The van der Waals surface area contributed by atoms with Crippen LogP contribution in [0.3, 0.4) is 0 Å². The maximum Gasteiger partial charge on any atom is 0.433 e. The first kappa shape index (κ1) is 30.6. The lowest BCUT2D eigenvalue weighted by atomic mass is 9.79. The van der Waals surface area contributed by atoms with Gasteiger partial charge in [-0.15, -0.1) is 0 Å². The molecule has 1 atom stereocenters. The van der Waals surface area contributed by atoms with Gasteiger partial charge >= 0.3 is 6.18 Å². The van der Waals surface area contributed by atoms with Crippen LogP contribution in [0.2, 0.25) is 0 Å². The fourth-order valence-electron chi connectivity index (χ4n) is 4.62. The zero-order valence-electron chi connectivity index (χ0n) is 23.0. The normalized spacial score (nSPS) is 15.6. The first-order valence-corrected chi connectivity index (χ1v) is 13.5. The van der Waals surface area contributed by atoms with Crippen LogP contribution in [0.15, 0.2) is 83.4 Å². The van der Waals surface area contributed by atoms with Crippen LogP contribution in [0.4, 0.5) is 28.9 Å². The summed E-state index contributed by atoms with van der Waals surface area (Å²) in [7, 11) is 0. The summed E-state index contributed by atoms with van der Waals surface area (Å²) in [5.41, 5.74) is 11.8. The number of carbonyl (C=O) groups is 1. The third-order valence-corrected chi connectivity index (χ3v) is 7.28. The molecule has 0 bridgehead atoms. The van der Waals surface area contributed by atoms with Gasteiger partial charge in [0.15, 0.2) is 0 Å². The number of hydrogen-bond acceptors (Lipinski definition) is 5. The van der Waals surface area contributed by atoms with Gasteiger partial charge < -0.3 is 16.8 Å². The zero-order chi connectivity index (χ0) is 30.5. The monoisotopic (exact) mass is 577 g/mol. The van der Waals surface area contributed by atoms with Crippen molar-refractivity contribution < 1.29 is 22.4 Å². The van der Waals surface area contributed by atoms with Gasteiger partial charge in [-0.1, -0.05) is 43.2 Å². The molecule has 5 N–H and O–H groups in total. The summed E-state index contributed by atoms with van der Waals surface area (Å²) < 4.78 is 56.3. The molecule has 1 aliphatic carbocycles. The van der Waals surface area contributed by atoms with Crippen LogP contribution >= 0.6 is 0 Å². The van der Waals surface area contributed by atoms with Gasteiger partial charge in [0.1, 0.15) is 11.5 Å². The highest BCUT2D eigenvalue weighted by molar-refractivity contribution is 6.10. The molecule has 0 spiro atoms. The van der Waals surface area contributed by atoms with Crippen LogP contribution < -0.4 is 16.8 Å². The fourth-order valence-corrected chi connectivity index (χ4v) is 4.62. The number of benzene rings is 3. The molecule has 3 aromatic carbocycles. The highest BCUT2D eigenvalue weighted by Crippen LogP contribution is 2.40. The molecular formula is C32H31F4N5O. The van der Waals surface area contributed by atoms with Crippen molar-refractivity contribution in [3.63, 3.8) is 0 Å². The van der Waals surface area contributed by atoms with E-state index in [2.05, 4.69) is 16.4 Å². The number of nitrogens with one attached hydrogen (secondary N) is 1. The molecule has 0 aromatic heterocycles. The Labute approximate surface area is 241 Å². The summed E-state index contributed by atoms with van der Waals surface area (Å²) in [6.07, 6.45) is -0.700. The molecule has 1 amide bonds. The summed E-state index contributed by atoms with van der Waals surface area (Å²) in [6.45, 7) is 1.31. The molecule has 0 heterocycles. The number of halogens is 4. The summed E-state index contributed by atoms with van der Waals surface area (Å²) >= 11 is 0. The van der Waals surface area contributed by atoms with Crippen molar-refractivity contribution in [3.05, 3.63) is 106 Å². The van der Waals surface area contributed by atoms with Gasteiger partial charge in [-0.05, 0) is 84.8 Å². The number of nitrogens with two attached hydrogens (primary N) is 2. The number of allylic oxidation sites excluding steroid dienone is 1. The Hall–Kier alpha value is -4.33. The number of amides is 1. The van der Waals surface area contributed by atoms with Gasteiger partial charge in [0.05, 0.1) is 28.5 Å². The smallest absolute Gasteiger partial charge is 0.326 e. The van der Waals surface area contributed by atoms with Crippen molar-refractivity contribution in [2.75, 3.05) is 5.32 Å². The van der Waals surface area contributed by atoms with E-state index in [-0.39, 0.29) is 23.5 Å². The molecule has 1 fully saturated rings. The number of aliphatic imine (C=N–C) groups is 1. The van der Waals surface area contributed by atoms with E-state index < -0.39 is 29.2 Å². The second-order valence-electron chi connectivity index (χ2n) is 10.5. The predicted molar refractivity (Wildman–Crippen MR) is 154 cm³/mol. The van der Waals surface area contributed by atoms with Crippen molar-refractivity contribution in [1.82, 2.24) is 0 Å². The largest absolute Gasteiger partial charge is 0.433 e. The van der Waals surface area contributed by atoms with Gasteiger partial charge in [0.2, 0.25) is 0 Å². The van der Waals surface area contributed by atoms with Crippen molar-refractivity contribution in [3.8, 4) is 6.07 Å². The Kier molecular flexibility index (Phi) is 9.24. The van der Waals surface area contributed by atoms with Crippen LogP contribution in [-0.2, 0) is 16.9 Å². The predicted octanol–water partition coefficient (Wildman–Crippen LogP) is 6.77. The van der Waals surface area contributed by atoms with Gasteiger partial charge in [-0.25, -0.2) is 9.38 Å². The third-order valence-electron chi connectivity index (χ3n) is 7.28. The Morgan fingerprint density at radius 1 is 1.10 bits per heavy atom. The number of carbonyl (C=O) groups excluding carboxylic acids is 1. The lowest BCUT2D eigenvalue weighted by Crippen LogP contribution is -2.38. The van der Waals surface area contributed by atoms with Crippen molar-refractivity contribution in [2.24, 2.45) is 22.4 Å². The van der Waals surface area contributed by atoms with Crippen LogP contribution in [0.5, 0.6) is 0 Å². The first-order chi connectivity index (χ1) is 19.9. The highest BCUT2D eigenvalue weighted by atomic mass is 19.4. The standard InChI is InChI=1S/C32H31F4N5O/c1-20(14-29(32(34,35)36)40-26-7-3-5-23(16-26)19-38)30(42)41-28-17-25(10-11-27(28)33)31(39,13-12-21-8-9-21)24-6-2-4-22(15-24)18-37/h2-7,10-11,14-17,21H,8-9,12-13,19,38-39H2,1H3,(H,41,42)/b20-14+,40-29+. The van der Waals surface area contributed by atoms with Gasteiger partial charge in [-0.3, -0.25) is 4.79 Å². The number of nitriles is 1. The van der Waals surface area contributed by atoms with E-state index in [9.17, 15) is 27.6 Å². The molecule has 0 aliphatic heterocycles. The first-order valence-electron chi connectivity index (χ1n) is 13.5. The average molecular weight is 578 g/mol. The Bertz CT molecular complexity index is 1570. The van der Waals surface area contributed by atoms with E-state index in [4.69, 9.17) is 11.5 Å². The summed E-state index contributed by atoms with van der Waals surface area (Å²) in [4.78, 5) is 16.7. The zero-order valence-corrected chi connectivity index (χ0v) is 23.0. The third kappa shape index (κ3) is 7.49. The number of alkyl halides is 3. The van der Waals surface area contributed by atoms with E-state index in [1.165, 1.54) is 37.3 Å². The molecule has 1 saturated carbocycles. The Balaban J connectivity index is 1.65. The molecule has 6 nitrogen and oxygen atoms in total. The quantitative estimate of drug-likeness (QED) is 0.140. The van der Waals surface area contributed by atoms with E-state index in [1.807, 2.05) is 0 Å². The molecular weight excluding hydrogens is 546 g/mol. The van der Waals surface area contributed by atoms with Crippen LogP contribution in [0, 0.1) is 23.1 Å². The summed E-state index contributed by atoms with van der Waals surface area (Å²) in [5.74, 6) is -1.17. The maximum atomic E-state index is 14.9. The van der Waals surface area contributed by atoms with Gasteiger partial charge in [0.25, 0.3) is 5.91 Å². The van der Waals surface area contributed by atoms with Crippen molar-refractivity contribution in [1.29, 1.82) is 5.26 Å². The highest BCUT2D eigenvalue weighted by Gasteiger charge is 2.35. The Morgan fingerprint density at radius 3 is 2.48 bits per heavy atom. The average Bonchev–Trinajstić information content (AvgIpc) is 3.81. The lowest BCUT2D eigenvalue weighted by molar-refractivity contribution is -0.112. The molecule has 1 aliphatic rings. The number of rotatable bonds is 10. The van der Waals surface area contributed by atoms with E-state index in [0.29, 0.717) is 40.7 Å². The minimum atomic E-state index is -4.86. The molecule has 1 unspecified atom stereocenters. The molecule has 3 aromatic rings. The van der Waals surface area contributed by atoms with E-state index in [0.717, 1.165) is 25.3 Å². The minimum absolute atomic E-state index is 0.0272. The number of nitrogens with zero attached hydrogens (tertiary/aromatic N) is 2. The molecule has 0 radical (unpaired) electrons. The SMILES string of the molecule is C/C(=C\C(=N/c1cccc(CN)c1)C(F)(F)F)C(=O)Nc1cc(C(N)(CCC2CC2)c2cccc(C#N)c2)ccc1F. The molecule has 42 heavy (non-hydrogen) atoms. The number of hydrogen-bond donors (Lipinski definition) is 3. The second kappa shape index (κ2) is 12.7. The van der Waals surface area contributed by atoms with Crippen LogP contribution in [0.1, 0.15) is 54.9 Å². The molecule has 0 saturated heterocycles. The minimum Gasteiger partial charge on any atom is -0.326 e. The second-order valence-corrected chi connectivity index (χ2v) is 10.5.